The second-order valence-corrected chi connectivity index (χ2v) is 6.79. The van der Waals surface area contributed by atoms with Crippen LogP contribution in [0, 0.1) is 6.92 Å². The Morgan fingerprint density at radius 1 is 1.20 bits per heavy atom. The minimum Gasteiger partial charge on any atom is -0.508 e. The van der Waals surface area contributed by atoms with Gasteiger partial charge in [0.05, 0.1) is 5.69 Å². The van der Waals surface area contributed by atoms with Crippen LogP contribution in [0.1, 0.15) is 12.0 Å². The second-order valence-electron chi connectivity index (χ2n) is 5.64. The number of aromatic hydroxyl groups is 1. The third kappa shape index (κ3) is 3.66. The molecule has 2 aromatic carbocycles. The van der Waals surface area contributed by atoms with Crippen LogP contribution >= 0.6 is 11.8 Å². The molecule has 1 fully saturated rings. The standard InChI is InChI=1S/C18H16N2O4S/c1-11-5-2-3-8-14(11)20-17(23)15(25-18(20)24)10-16(22)19-12-6-4-7-13(21)9-12/h2-9,15,21H,10H2,1H3,(H,19,22). The van der Waals surface area contributed by atoms with Crippen LogP contribution in [0.4, 0.5) is 16.2 Å². The molecule has 128 valence electrons. The topological polar surface area (TPSA) is 86.7 Å². The molecule has 0 spiro atoms. The predicted molar refractivity (Wildman–Crippen MR) is 96.8 cm³/mol. The maximum atomic E-state index is 12.6. The highest BCUT2D eigenvalue weighted by Crippen LogP contribution is 2.35. The molecule has 3 amide bonds. The molecule has 2 aromatic rings. The third-order valence-corrected chi connectivity index (χ3v) is 4.82. The quantitative estimate of drug-likeness (QED) is 0.878. The number of rotatable bonds is 4. The van der Waals surface area contributed by atoms with Crippen LogP contribution in [0.2, 0.25) is 0 Å². The first kappa shape index (κ1) is 17.0. The monoisotopic (exact) mass is 356 g/mol. The number of imide groups is 1. The van der Waals surface area contributed by atoms with Crippen molar-refractivity contribution in [2.75, 3.05) is 10.2 Å². The lowest BCUT2D eigenvalue weighted by atomic mass is 10.1. The van der Waals surface area contributed by atoms with Gasteiger partial charge in [-0.2, -0.15) is 0 Å². The van der Waals surface area contributed by atoms with Gasteiger partial charge in [-0.1, -0.05) is 24.3 Å². The number of para-hydroxylation sites is 1. The van der Waals surface area contributed by atoms with Crippen LogP contribution in [0.25, 0.3) is 0 Å². The highest BCUT2D eigenvalue weighted by atomic mass is 32.2. The normalized spacial score (nSPS) is 17.0. The van der Waals surface area contributed by atoms with Gasteiger partial charge in [-0.25, -0.2) is 4.90 Å². The number of anilines is 2. The summed E-state index contributed by atoms with van der Waals surface area (Å²) in [4.78, 5) is 38.1. The summed E-state index contributed by atoms with van der Waals surface area (Å²) in [5, 5.41) is 10.9. The number of amides is 3. The lowest BCUT2D eigenvalue weighted by Gasteiger charge is -2.16. The number of nitrogens with one attached hydrogen (secondary N) is 1. The number of phenols is 1. The van der Waals surface area contributed by atoms with E-state index in [0.717, 1.165) is 22.2 Å². The van der Waals surface area contributed by atoms with Gasteiger partial charge in [-0.3, -0.25) is 14.4 Å². The molecule has 25 heavy (non-hydrogen) atoms. The fraction of sp³-hybridized carbons (Fsp3) is 0.167. The maximum Gasteiger partial charge on any atom is 0.293 e. The largest absolute Gasteiger partial charge is 0.508 e. The number of thioether (sulfide) groups is 1. The Balaban J connectivity index is 1.70. The molecule has 3 rings (SSSR count). The minimum absolute atomic E-state index is 0.0324. The number of hydrogen-bond acceptors (Lipinski definition) is 5. The molecule has 0 aromatic heterocycles. The SMILES string of the molecule is Cc1ccccc1N1C(=O)SC(CC(=O)Nc2cccc(O)c2)C1=O. The minimum atomic E-state index is -0.760. The molecule has 7 heteroatoms. The fourth-order valence-corrected chi connectivity index (χ4v) is 3.56. The van der Waals surface area contributed by atoms with Crippen molar-refractivity contribution in [1.82, 2.24) is 0 Å². The van der Waals surface area contributed by atoms with E-state index in [2.05, 4.69) is 5.32 Å². The van der Waals surface area contributed by atoms with Gasteiger partial charge in [0, 0.05) is 18.2 Å². The van der Waals surface area contributed by atoms with E-state index in [1.54, 1.807) is 24.3 Å². The molecule has 2 N–H and O–H groups in total. The predicted octanol–water partition coefficient (Wildman–Crippen LogP) is 3.30. The molecule has 1 aliphatic rings. The van der Waals surface area contributed by atoms with Crippen LogP contribution in [0.3, 0.4) is 0 Å². The van der Waals surface area contributed by atoms with E-state index in [9.17, 15) is 19.5 Å². The molecule has 0 bridgehead atoms. The summed E-state index contributed by atoms with van der Waals surface area (Å²) in [5.41, 5.74) is 1.79. The molecule has 1 saturated heterocycles. The highest BCUT2D eigenvalue weighted by Gasteiger charge is 2.41. The summed E-state index contributed by atoms with van der Waals surface area (Å²) < 4.78 is 0. The average Bonchev–Trinajstić information content (AvgIpc) is 2.82. The number of nitrogens with zero attached hydrogens (tertiary/aromatic N) is 1. The number of benzene rings is 2. The van der Waals surface area contributed by atoms with Crippen molar-refractivity contribution in [3.05, 3.63) is 54.1 Å². The van der Waals surface area contributed by atoms with Gasteiger partial charge in [0.1, 0.15) is 11.0 Å². The van der Waals surface area contributed by atoms with Crippen molar-refractivity contribution in [2.24, 2.45) is 0 Å². The molecular formula is C18H16N2O4S. The van der Waals surface area contributed by atoms with Crippen LogP contribution < -0.4 is 10.2 Å². The number of phenolic OH excluding ortho intramolecular Hbond substituents is 1. The van der Waals surface area contributed by atoms with Gasteiger partial charge < -0.3 is 10.4 Å². The second kappa shape index (κ2) is 6.98. The zero-order chi connectivity index (χ0) is 18.0. The van der Waals surface area contributed by atoms with Gasteiger partial charge in [-0.15, -0.1) is 0 Å². The molecule has 0 radical (unpaired) electrons. The summed E-state index contributed by atoms with van der Waals surface area (Å²) in [7, 11) is 0. The zero-order valence-electron chi connectivity index (χ0n) is 13.4. The molecule has 0 aliphatic carbocycles. The van der Waals surface area contributed by atoms with Crippen molar-refractivity contribution < 1.29 is 19.5 Å². The van der Waals surface area contributed by atoms with Crippen LogP contribution in [-0.2, 0) is 9.59 Å². The van der Waals surface area contributed by atoms with Gasteiger partial charge in [-0.05, 0) is 42.4 Å². The van der Waals surface area contributed by atoms with Crippen molar-refractivity contribution in [3.8, 4) is 5.75 Å². The van der Waals surface area contributed by atoms with E-state index in [0.29, 0.717) is 11.4 Å². The zero-order valence-corrected chi connectivity index (χ0v) is 14.2. The highest BCUT2D eigenvalue weighted by molar-refractivity contribution is 8.15. The molecule has 1 heterocycles. The van der Waals surface area contributed by atoms with Crippen molar-refractivity contribution in [2.45, 2.75) is 18.6 Å². The Morgan fingerprint density at radius 2 is 1.96 bits per heavy atom. The van der Waals surface area contributed by atoms with E-state index in [1.807, 2.05) is 19.1 Å². The molecule has 0 saturated carbocycles. The van der Waals surface area contributed by atoms with Crippen molar-refractivity contribution >= 4 is 40.2 Å². The Labute approximate surface area is 148 Å². The van der Waals surface area contributed by atoms with Gasteiger partial charge in [0.25, 0.3) is 5.24 Å². The van der Waals surface area contributed by atoms with E-state index < -0.39 is 17.1 Å². The summed E-state index contributed by atoms with van der Waals surface area (Å²) in [6.07, 6.45) is -0.118. The maximum absolute atomic E-state index is 12.6. The van der Waals surface area contributed by atoms with E-state index in [1.165, 1.54) is 12.1 Å². The first-order chi connectivity index (χ1) is 12.0. The Bertz CT molecular complexity index is 852. The van der Waals surface area contributed by atoms with Crippen molar-refractivity contribution in [3.63, 3.8) is 0 Å². The lowest BCUT2D eigenvalue weighted by Crippen LogP contribution is -2.33. The van der Waals surface area contributed by atoms with Crippen molar-refractivity contribution in [1.29, 1.82) is 0 Å². The molecule has 1 atom stereocenters. The van der Waals surface area contributed by atoms with Crippen LogP contribution in [0.15, 0.2) is 48.5 Å². The summed E-state index contributed by atoms with van der Waals surface area (Å²) >= 11 is 0.855. The summed E-state index contributed by atoms with van der Waals surface area (Å²) in [6.45, 7) is 1.82. The van der Waals surface area contributed by atoms with E-state index in [4.69, 9.17) is 0 Å². The van der Waals surface area contributed by atoms with Crippen LogP contribution in [0.5, 0.6) is 5.75 Å². The van der Waals surface area contributed by atoms with E-state index in [-0.39, 0.29) is 17.4 Å². The molecule has 1 aliphatic heterocycles. The molecule has 1 unspecified atom stereocenters. The van der Waals surface area contributed by atoms with Gasteiger partial charge >= 0.3 is 0 Å². The number of carbonyl (C=O) groups is 3. The first-order valence-corrected chi connectivity index (χ1v) is 8.53. The molecule has 6 nitrogen and oxygen atoms in total. The third-order valence-electron chi connectivity index (χ3n) is 3.78. The number of hydrogen-bond donors (Lipinski definition) is 2. The Kier molecular flexibility index (Phi) is 4.76. The smallest absolute Gasteiger partial charge is 0.293 e. The van der Waals surface area contributed by atoms with Gasteiger partial charge in [0.2, 0.25) is 11.8 Å². The summed E-state index contributed by atoms with van der Waals surface area (Å²) in [5.74, 6) is -0.753. The van der Waals surface area contributed by atoms with E-state index >= 15 is 0 Å². The Morgan fingerprint density at radius 3 is 2.68 bits per heavy atom. The lowest BCUT2D eigenvalue weighted by molar-refractivity contribution is -0.121. The number of aryl methyl sites for hydroxylation is 1. The average molecular weight is 356 g/mol. The summed E-state index contributed by atoms with van der Waals surface area (Å²) in [6, 6.07) is 13.3. The molecular weight excluding hydrogens is 340 g/mol. The number of carbonyl (C=O) groups excluding carboxylic acids is 3. The first-order valence-electron chi connectivity index (χ1n) is 7.65. The van der Waals surface area contributed by atoms with Crippen LogP contribution in [-0.4, -0.2) is 27.4 Å². The fourth-order valence-electron chi connectivity index (χ4n) is 2.58. The van der Waals surface area contributed by atoms with Gasteiger partial charge in [0.15, 0.2) is 0 Å². The Hall–Kier alpha value is -2.80.